The van der Waals surface area contributed by atoms with Crippen molar-refractivity contribution in [3.8, 4) is 5.75 Å². The minimum Gasteiger partial charge on any atom is -0.496 e. The molecule has 1 aromatic carbocycles. The lowest BCUT2D eigenvalue weighted by Gasteiger charge is -2.30. The van der Waals surface area contributed by atoms with Gasteiger partial charge in [0.15, 0.2) is 0 Å². The highest BCUT2D eigenvalue weighted by Gasteiger charge is 2.32. The van der Waals surface area contributed by atoms with E-state index in [1.54, 1.807) is 7.11 Å². The van der Waals surface area contributed by atoms with Crippen molar-refractivity contribution >= 4 is 5.91 Å². The van der Waals surface area contributed by atoms with Gasteiger partial charge < -0.3 is 9.64 Å². The Hall–Kier alpha value is -1.55. The van der Waals surface area contributed by atoms with Crippen LogP contribution in [0.15, 0.2) is 18.2 Å². The molecule has 0 spiro atoms. The zero-order valence-electron chi connectivity index (χ0n) is 12.9. The Kier molecular flexibility index (Phi) is 4.15. The van der Waals surface area contributed by atoms with Crippen LogP contribution in [0.25, 0.3) is 0 Å². The number of aryl methyl sites for hydroxylation is 1. The Balaban J connectivity index is 1.72. The Bertz CT molecular complexity index is 526. The summed E-state index contributed by atoms with van der Waals surface area (Å²) in [5, 5.41) is 3.33. The summed E-state index contributed by atoms with van der Waals surface area (Å²) in [5.41, 5.74) is 2.25. The second kappa shape index (κ2) is 6.06. The predicted octanol–water partition coefficient (Wildman–Crippen LogP) is 2.62. The number of carbonyl (C=O) groups is 1. The molecule has 1 saturated carbocycles. The van der Waals surface area contributed by atoms with Gasteiger partial charge in [0.1, 0.15) is 11.9 Å². The lowest BCUT2D eigenvalue weighted by Crippen LogP contribution is -2.33. The second-order valence-electron chi connectivity index (χ2n) is 6.19. The molecule has 0 radical (unpaired) electrons. The molecule has 2 fully saturated rings. The van der Waals surface area contributed by atoms with E-state index >= 15 is 0 Å². The molecular weight excluding hydrogens is 264 g/mol. The van der Waals surface area contributed by atoms with Gasteiger partial charge in [-0.2, -0.15) is 0 Å². The largest absolute Gasteiger partial charge is 0.496 e. The van der Waals surface area contributed by atoms with Crippen LogP contribution in [0.2, 0.25) is 0 Å². The van der Waals surface area contributed by atoms with E-state index in [0.717, 1.165) is 35.8 Å². The quantitative estimate of drug-likeness (QED) is 0.905. The molecule has 1 N–H and O–H groups in total. The second-order valence-corrected chi connectivity index (χ2v) is 6.19. The molecule has 114 valence electrons. The molecule has 1 amide bonds. The van der Waals surface area contributed by atoms with Gasteiger partial charge in [0.25, 0.3) is 0 Å². The van der Waals surface area contributed by atoms with E-state index in [4.69, 9.17) is 4.74 Å². The van der Waals surface area contributed by atoms with Gasteiger partial charge in [-0.05, 0) is 42.5 Å². The molecule has 0 aromatic heterocycles. The number of methoxy groups -OCH3 is 1. The van der Waals surface area contributed by atoms with E-state index < -0.39 is 0 Å². The van der Waals surface area contributed by atoms with Gasteiger partial charge in [-0.3, -0.25) is 10.1 Å². The van der Waals surface area contributed by atoms with Gasteiger partial charge in [-0.25, -0.2) is 0 Å². The molecule has 21 heavy (non-hydrogen) atoms. The van der Waals surface area contributed by atoms with Gasteiger partial charge >= 0.3 is 0 Å². The summed E-state index contributed by atoms with van der Waals surface area (Å²) in [5.74, 6) is 1.94. The van der Waals surface area contributed by atoms with E-state index in [-0.39, 0.29) is 12.1 Å². The van der Waals surface area contributed by atoms with Gasteiger partial charge in [0, 0.05) is 6.54 Å². The molecule has 2 aliphatic rings. The van der Waals surface area contributed by atoms with Crippen molar-refractivity contribution in [1.82, 2.24) is 10.2 Å². The predicted molar refractivity (Wildman–Crippen MR) is 82.1 cm³/mol. The van der Waals surface area contributed by atoms with Crippen molar-refractivity contribution in [2.75, 3.05) is 20.2 Å². The van der Waals surface area contributed by atoms with Crippen molar-refractivity contribution in [3.63, 3.8) is 0 Å². The minimum atomic E-state index is 0.0159. The summed E-state index contributed by atoms with van der Waals surface area (Å²) in [6, 6.07) is 6.16. The van der Waals surface area contributed by atoms with E-state index in [1.165, 1.54) is 19.3 Å². The monoisotopic (exact) mass is 288 g/mol. The summed E-state index contributed by atoms with van der Waals surface area (Å²) < 4.78 is 5.31. The molecule has 1 saturated heterocycles. The van der Waals surface area contributed by atoms with E-state index in [9.17, 15) is 4.79 Å². The maximum Gasteiger partial charge on any atom is 0.238 e. The van der Waals surface area contributed by atoms with Crippen molar-refractivity contribution in [2.24, 2.45) is 5.92 Å². The Morgan fingerprint density at radius 2 is 2.19 bits per heavy atom. The van der Waals surface area contributed by atoms with Crippen LogP contribution in [0.1, 0.15) is 43.0 Å². The summed E-state index contributed by atoms with van der Waals surface area (Å²) in [4.78, 5) is 14.1. The topological polar surface area (TPSA) is 41.6 Å². The number of hydrogen-bond donors (Lipinski definition) is 1. The van der Waals surface area contributed by atoms with Crippen LogP contribution < -0.4 is 10.1 Å². The number of rotatable bonds is 5. The van der Waals surface area contributed by atoms with Crippen molar-refractivity contribution in [1.29, 1.82) is 0 Å². The Morgan fingerprint density at radius 1 is 1.38 bits per heavy atom. The summed E-state index contributed by atoms with van der Waals surface area (Å²) in [6.45, 7) is 3.35. The molecule has 4 nitrogen and oxygen atoms in total. The zero-order chi connectivity index (χ0) is 14.8. The number of ether oxygens (including phenoxy) is 1. The van der Waals surface area contributed by atoms with Crippen LogP contribution in [-0.4, -0.2) is 31.0 Å². The molecular formula is C17H24N2O2. The fraction of sp³-hybridized carbons (Fsp3) is 0.588. The van der Waals surface area contributed by atoms with Gasteiger partial charge in [0.2, 0.25) is 5.91 Å². The molecule has 0 bridgehead atoms. The highest BCUT2D eigenvalue weighted by atomic mass is 16.5. The third kappa shape index (κ3) is 2.91. The first kappa shape index (κ1) is 14.4. The Labute approximate surface area is 126 Å². The first-order valence-electron chi connectivity index (χ1n) is 7.86. The van der Waals surface area contributed by atoms with Crippen LogP contribution in [0.4, 0.5) is 0 Å². The van der Waals surface area contributed by atoms with Crippen molar-refractivity contribution < 1.29 is 9.53 Å². The minimum absolute atomic E-state index is 0.0159. The van der Waals surface area contributed by atoms with Crippen LogP contribution in [0.3, 0.4) is 0 Å². The summed E-state index contributed by atoms with van der Waals surface area (Å²) >= 11 is 0. The number of nitrogens with zero attached hydrogens (tertiary/aromatic N) is 1. The molecule has 3 rings (SSSR count). The maximum atomic E-state index is 12.1. The third-order valence-corrected chi connectivity index (χ3v) is 4.82. The summed E-state index contributed by atoms with van der Waals surface area (Å²) in [6.07, 6.45) is 5.18. The smallest absolute Gasteiger partial charge is 0.238 e. The van der Waals surface area contributed by atoms with Crippen molar-refractivity contribution in [2.45, 2.75) is 38.8 Å². The highest BCUT2D eigenvalue weighted by molar-refractivity contribution is 5.81. The third-order valence-electron chi connectivity index (χ3n) is 4.82. The Morgan fingerprint density at radius 3 is 2.81 bits per heavy atom. The molecule has 1 heterocycles. The highest BCUT2D eigenvalue weighted by Crippen LogP contribution is 2.32. The zero-order valence-corrected chi connectivity index (χ0v) is 12.9. The average molecular weight is 288 g/mol. The number of hydrogen-bond acceptors (Lipinski definition) is 3. The van der Waals surface area contributed by atoms with E-state index in [1.807, 2.05) is 17.9 Å². The average Bonchev–Trinajstić information content (AvgIpc) is 2.78. The van der Waals surface area contributed by atoms with Gasteiger partial charge in [-0.15, -0.1) is 0 Å². The van der Waals surface area contributed by atoms with Crippen LogP contribution in [0, 0.1) is 12.8 Å². The molecule has 4 heteroatoms. The SMILES string of the molecule is COc1ccc(C2NCC(=O)N2CCC2CCC2)cc1C. The first-order chi connectivity index (χ1) is 10.2. The fourth-order valence-corrected chi connectivity index (χ4v) is 3.27. The summed E-state index contributed by atoms with van der Waals surface area (Å²) in [7, 11) is 1.68. The van der Waals surface area contributed by atoms with E-state index in [0.29, 0.717) is 6.54 Å². The fourth-order valence-electron chi connectivity index (χ4n) is 3.27. The lowest BCUT2D eigenvalue weighted by molar-refractivity contribution is -0.128. The van der Waals surface area contributed by atoms with Crippen LogP contribution in [0.5, 0.6) is 5.75 Å². The number of carbonyl (C=O) groups excluding carboxylic acids is 1. The van der Waals surface area contributed by atoms with Crippen molar-refractivity contribution in [3.05, 3.63) is 29.3 Å². The molecule has 1 aliphatic carbocycles. The molecule has 1 aliphatic heterocycles. The number of benzene rings is 1. The molecule has 1 aromatic rings. The van der Waals surface area contributed by atoms with Crippen LogP contribution >= 0.6 is 0 Å². The lowest BCUT2D eigenvalue weighted by atomic mass is 9.83. The maximum absolute atomic E-state index is 12.1. The van der Waals surface area contributed by atoms with Gasteiger partial charge in [-0.1, -0.05) is 25.3 Å². The standard InChI is InChI=1S/C17H24N2O2/c1-12-10-14(6-7-15(12)21-2)17-18-11-16(20)19(17)9-8-13-4-3-5-13/h6-7,10,13,17-18H,3-5,8-9,11H2,1-2H3. The molecule has 1 atom stereocenters. The van der Waals surface area contributed by atoms with Gasteiger partial charge in [0.05, 0.1) is 13.7 Å². The number of amides is 1. The van der Waals surface area contributed by atoms with Crippen LogP contribution in [-0.2, 0) is 4.79 Å². The van der Waals surface area contributed by atoms with E-state index in [2.05, 4.69) is 17.4 Å². The normalized spacial score (nSPS) is 22.5. The molecule has 1 unspecified atom stereocenters. The number of nitrogens with one attached hydrogen (secondary N) is 1. The first-order valence-corrected chi connectivity index (χ1v) is 7.86.